The maximum atomic E-state index is 5.39. The zero-order valence-corrected chi connectivity index (χ0v) is 11.1. The highest BCUT2D eigenvalue weighted by Crippen LogP contribution is 2.15. The largest absolute Gasteiger partial charge is 1.00 e. The number of benzene rings is 1. The summed E-state index contributed by atoms with van der Waals surface area (Å²) in [4.78, 5) is 0. The van der Waals surface area contributed by atoms with Gasteiger partial charge in [-0.2, -0.15) is 4.57 Å². The highest BCUT2D eigenvalue weighted by Gasteiger charge is 2.12. The van der Waals surface area contributed by atoms with E-state index in [0.717, 1.165) is 0 Å². The standard InChI is InChI=1S/C14H14N.BrH/c1-4-9-15-12(3)10-11(2)13-7-5-6-8-14(13)15;/h1,5-8,10H,9H2,2-3H3;1H/q+1;/p-1. The molecule has 0 fully saturated rings. The lowest BCUT2D eigenvalue weighted by atomic mass is 10.1. The second-order valence-electron chi connectivity index (χ2n) is 3.78. The topological polar surface area (TPSA) is 3.88 Å². The summed E-state index contributed by atoms with van der Waals surface area (Å²) in [5, 5.41) is 1.28. The van der Waals surface area contributed by atoms with E-state index < -0.39 is 0 Å². The van der Waals surface area contributed by atoms with Crippen LogP contribution in [-0.2, 0) is 6.54 Å². The van der Waals surface area contributed by atoms with Crippen LogP contribution in [0.1, 0.15) is 11.3 Å². The average Bonchev–Trinajstić information content (AvgIpc) is 2.24. The number of halogens is 1. The van der Waals surface area contributed by atoms with Gasteiger partial charge in [-0.25, -0.2) is 0 Å². The predicted molar refractivity (Wildman–Crippen MR) is 62.5 cm³/mol. The summed E-state index contributed by atoms with van der Waals surface area (Å²) in [6.45, 7) is 4.86. The first-order valence-corrected chi connectivity index (χ1v) is 5.06. The molecular weight excluding hydrogens is 262 g/mol. The Hall–Kier alpha value is -1.33. The SMILES string of the molecule is C#CC[n+]1c(C)cc(C)c2ccccc21.[Br-]. The minimum Gasteiger partial charge on any atom is -1.00 e. The Kier molecular flexibility index (Phi) is 4.09. The van der Waals surface area contributed by atoms with Gasteiger partial charge in [0.25, 0.3) is 0 Å². The Morgan fingerprint density at radius 1 is 1.25 bits per heavy atom. The van der Waals surface area contributed by atoms with Gasteiger partial charge >= 0.3 is 0 Å². The number of hydrogen-bond donors (Lipinski definition) is 0. The van der Waals surface area contributed by atoms with Crippen LogP contribution < -0.4 is 21.5 Å². The molecule has 2 rings (SSSR count). The lowest BCUT2D eigenvalue weighted by Gasteiger charge is -2.04. The Morgan fingerprint density at radius 2 is 1.94 bits per heavy atom. The normalized spacial score (nSPS) is 9.56. The van der Waals surface area contributed by atoms with Crippen molar-refractivity contribution in [1.29, 1.82) is 0 Å². The molecule has 0 bridgehead atoms. The van der Waals surface area contributed by atoms with Gasteiger partial charge in [-0.3, -0.25) is 0 Å². The van der Waals surface area contributed by atoms with Crippen molar-refractivity contribution in [2.24, 2.45) is 0 Å². The third-order valence-corrected chi connectivity index (χ3v) is 2.72. The van der Waals surface area contributed by atoms with Crippen LogP contribution in [0.3, 0.4) is 0 Å². The Bertz CT molecular complexity index is 552. The van der Waals surface area contributed by atoms with Gasteiger partial charge in [0.15, 0.2) is 5.69 Å². The first-order valence-electron chi connectivity index (χ1n) is 5.06. The highest BCUT2D eigenvalue weighted by atomic mass is 79.9. The summed E-state index contributed by atoms with van der Waals surface area (Å²) < 4.78 is 2.17. The molecule has 0 amide bonds. The van der Waals surface area contributed by atoms with Crippen LogP contribution in [0, 0.1) is 26.2 Å². The van der Waals surface area contributed by atoms with E-state index in [1.807, 2.05) is 6.07 Å². The molecule has 0 unspecified atom stereocenters. The fourth-order valence-corrected chi connectivity index (χ4v) is 2.00. The molecule has 0 radical (unpaired) electrons. The number of para-hydroxylation sites is 1. The van der Waals surface area contributed by atoms with Crippen LogP contribution >= 0.6 is 0 Å². The molecule has 0 atom stereocenters. The number of fused-ring (bicyclic) bond motifs is 1. The lowest BCUT2D eigenvalue weighted by Crippen LogP contribution is -3.00. The smallest absolute Gasteiger partial charge is 0.213 e. The fraction of sp³-hybridized carbons (Fsp3) is 0.214. The number of rotatable bonds is 1. The molecule has 82 valence electrons. The van der Waals surface area contributed by atoms with Crippen LogP contribution in [-0.4, -0.2) is 0 Å². The Balaban J connectivity index is 0.00000128. The third kappa shape index (κ3) is 2.10. The summed E-state index contributed by atoms with van der Waals surface area (Å²) in [6, 6.07) is 10.5. The maximum absolute atomic E-state index is 5.39. The second kappa shape index (κ2) is 5.14. The minimum atomic E-state index is 0. The average molecular weight is 276 g/mol. The molecule has 0 aliphatic heterocycles. The van der Waals surface area contributed by atoms with Crippen molar-refractivity contribution in [2.45, 2.75) is 20.4 Å². The number of aromatic nitrogens is 1. The number of hydrogen-bond acceptors (Lipinski definition) is 0. The van der Waals surface area contributed by atoms with Gasteiger partial charge in [0.2, 0.25) is 12.1 Å². The second-order valence-corrected chi connectivity index (χ2v) is 3.78. The molecule has 1 nitrogen and oxygen atoms in total. The van der Waals surface area contributed by atoms with Crippen molar-refractivity contribution in [3.63, 3.8) is 0 Å². The molecular formula is C14H14BrN. The van der Waals surface area contributed by atoms with Gasteiger partial charge in [-0.05, 0) is 24.5 Å². The predicted octanol–water partition coefficient (Wildman–Crippen LogP) is -0.619. The van der Waals surface area contributed by atoms with Crippen LogP contribution in [0.2, 0.25) is 0 Å². The van der Waals surface area contributed by atoms with Crippen LogP contribution in [0.25, 0.3) is 10.9 Å². The molecule has 0 aliphatic carbocycles. The monoisotopic (exact) mass is 275 g/mol. The van der Waals surface area contributed by atoms with E-state index in [-0.39, 0.29) is 17.0 Å². The van der Waals surface area contributed by atoms with Crippen molar-refractivity contribution < 1.29 is 21.5 Å². The summed E-state index contributed by atoms with van der Waals surface area (Å²) in [5.41, 5.74) is 3.73. The number of nitrogens with zero attached hydrogens (tertiary/aromatic N) is 1. The molecule has 0 aliphatic rings. The van der Waals surface area contributed by atoms with E-state index in [9.17, 15) is 0 Å². The van der Waals surface area contributed by atoms with Crippen molar-refractivity contribution in [3.05, 3.63) is 41.6 Å². The molecule has 0 saturated heterocycles. The van der Waals surface area contributed by atoms with E-state index in [0.29, 0.717) is 6.54 Å². The van der Waals surface area contributed by atoms with Gasteiger partial charge in [-0.1, -0.05) is 12.1 Å². The molecule has 1 heterocycles. The zero-order valence-electron chi connectivity index (χ0n) is 9.50. The highest BCUT2D eigenvalue weighted by molar-refractivity contribution is 5.79. The summed E-state index contributed by atoms with van der Waals surface area (Å²) in [5.74, 6) is 2.70. The van der Waals surface area contributed by atoms with Crippen molar-refractivity contribution >= 4 is 10.9 Å². The molecule has 16 heavy (non-hydrogen) atoms. The van der Waals surface area contributed by atoms with Gasteiger partial charge < -0.3 is 17.0 Å². The van der Waals surface area contributed by atoms with Crippen molar-refractivity contribution in [2.75, 3.05) is 0 Å². The van der Waals surface area contributed by atoms with E-state index in [1.54, 1.807) is 0 Å². The zero-order chi connectivity index (χ0) is 10.8. The van der Waals surface area contributed by atoms with E-state index in [1.165, 1.54) is 22.2 Å². The van der Waals surface area contributed by atoms with E-state index in [4.69, 9.17) is 6.42 Å². The summed E-state index contributed by atoms with van der Waals surface area (Å²) in [7, 11) is 0. The van der Waals surface area contributed by atoms with Gasteiger partial charge in [0, 0.05) is 24.4 Å². The first-order chi connectivity index (χ1) is 7.24. The van der Waals surface area contributed by atoms with E-state index in [2.05, 4.69) is 48.6 Å². The molecule has 2 aromatic rings. The fourth-order valence-electron chi connectivity index (χ4n) is 2.00. The molecule has 1 aromatic heterocycles. The summed E-state index contributed by atoms with van der Waals surface area (Å²) in [6.07, 6.45) is 5.39. The Morgan fingerprint density at radius 3 is 2.62 bits per heavy atom. The van der Waals surface area contributed by atoms with Crippen LogP contribution in [0.15, 0.2) is 30.3 Å². The quantitative estimate of drug-likeness (QED) is 0.483. The number of aryl methyl sites for hydroxylation is 2. The molecule has 0 saturated carbocycles. The maximum Gasteiger partial charge on any atom is 0.213 e. The molecule has 0 spiro atoms. The molecule has 0 N–H and O–H groups in total. The molecule has 2 heteroatoms. The number of terminal acetylenes is 1. The van der Waals surface area contributed by atoms with Crippen molar-refractivity contribution in [3.8, 4) is 12.3 Å². The van der Waals surface area contributed by atoms with Crippen LogP contribution in [0.4, 0.5) is 0 Å². The van der Waals surface area contributed by atoms with E-state index >= 15 is 0 Å². The van der Waals surface area contributed by atoms with Crippen LogP contribution in [0.5, 0.6) is 0 Å². The minimum absolute atomic E-state index is 0. The van der Waals surface area contributed by atoms with Gasteiger partial charge in [-0.15, -0.1) is 6.42 Å². The Labute approximate surface area is 107 Å². The summed E-state index contributed by atoms with van der Waals surface area (Å²) >= 11 is 0. The molecule has 1 aromatic carbocycles. The number of pyridine rings is 1. The first kappa shape index (κ1) is 12.7. The van der Waals surface area contributed by atoms with Crippen molar-refractivity contribution in [1.82, 2.24) is 0 Å². The lowest BCUT2D eigenvalue weighted by molar-refractivity contribution is -0.664. The van der Waals surface area contributed by atoms with Gasteiger partial charge in [0.05, 0.1) is 0 Å². The van der Waals surface area contributed by atoms with Gasteiger partial charge in [0.1, 0.15) is 0 Å². The third-order valence-electron chi connectivity index (χ3n) is 2.72.